The van der Waals surface area contributed by atoms with Crippen molar-refractivity contribution in [2.24, 2.45) is 5.84 Å². The molecule has 0 aliphatic carbocycles. The monoisotopic (exact) mass is 146 g/mol. The lowest BCUT2D eigenvalue weighted by Crippen LogP contribution is -2.45. The van der Waals surface area contributed by atoms with Gasteiger partial charge < -0.3 is 0 Å². The summed E-state index contributed by atoms with van der Waals surface area (Å²) in [7, 11) is 0. The predicted octanol–water partition coefficient (Wildman–Crippen LogP) is -1.34. The van der Waals surface area contributed by atoms with Crippen molar-refractivity contribution in [2.75, 3.05) is 0 Å². The lowest BCUT2D eigenvalue weighted by molar-refractivity contribution is 0.377. The average molecular weight is 146 g/mol. The van der Waals surface area contributed by atoms with Crippen molar-refractivity contribution in [2.45, 2.75) is 0 Å². The van der Waals surface area contributed by atoms with Crippen LogP contribution in [0, 0.1) is 6.07 Å². The first kappa shape index (κ1) is 6.24. The fourth-order valence-electron chi connectivity index (χ4n) is 1.03. The molecule has 1 radical (unpaired) electrons. The number of nitrogens with zero attached hydrogens (tertiary/aromatic N) is 1. The van der Waals surface area contributed by atoms with E-state index in [1.54, 1.807) is 0 Å². The summed E-state index contributed by atoms with van der Waals surface area (Å²) in [5.74, 6) is 5.47. The maximum Gasteiger partial charge on any atom is 0.0471 e. The third-order valence-corrected chi connectivity index (χ3v) is 1.56. The Hall–Kier alpha value is -1.48. The zero-order valence-corrected chi connectivity index (χ0v) is 5.91. The number of rotatable bonds is 0. The van der Waals surface area contributed by atoms with E-state index in [0.717, 1.165) is 10.4 Å². The molecule has 0 spiro atoms. The van der Waals surface area contributed by atoms with Gasteiger partial charge in [-0.25, -0.2) is 11.0 Å². The Morgan fingerprint density at radius 1 is 1.55 bits per heavy atom. The molecule has 3 heteroatoms. The highest BCUT2D eigenvalue weighted by molar-refractivity contribution is 5.33. The van der Waals surface area contributed by atoms with Crippen molar-refractivity contribution < 1.29 is 0 Å². The second-order valence-corrected chi connectivity index (χ2v) is 2.35. The number of benzene rings is 1. The highest BCUT2D eigenvalue weighted by Crippen LogP contribution is 1.77. The van der Waals surface area contributed by atoms with Gasteiger partial charge in [-0.2, -0.15) is 0 Å². The molecule has 1 heterocycles. The van der Waals surface area contributed by atoms with E-state index >= 15 is 0 Å². The van der Waals surface area contributed by atoms with Crippen LogP contribution in [0.15, 0.2) is 18.2 Å². The molecular formula is C8H8N3. The fraction of sp³-hybridized carbons (Fsp3) is 0. The predicted molar refractivity (Wildman–Crippen MR) is 42.6 cm³/mol. The van der Waals surface area contributed by atoms with E-state index in [1.807, 2.05) is 30.6 Å². The topological polar surface area (TPSA) is 41.3 Å². The van der Waals surface area contributed by atoms with E-state index in [-0.39, 0.29) is 0 Å². The van der Waals surface area contributed by atoms with Crippen LogP contribution in [0.1, 0.15) is 0 Å². The second-order valence-electron chi connectivity index (χ2n) is 2.35. The summed E-state index contributed by atoms with van der Waals surface area (Å²) in [6.07, 6.45) is 3.63. The zero-order chi connectivity index (χ0) is 7.68. The van der Waals surface area contributed by atoms with E-state index in [0.29, 0.717) is 0 Å². The third-order valence-electron chi connectivity index (χ3n) is 1.56. The molecule has 55 valence electrons. The molecule has 0 saturated heterocycles. The van der Waals surface area contributed by atoms with E-state index in [9.17, 15) is 0 Å². The molecule has 2 rings (SSSR count). The van der Waals surface area contributed by atoms with Crippen LogP contribution in [0.25, 0.3) is 12.4 Å². The normalized spacial score (nSPS) is 14.1. The Kier molecular flexibility index (Phi) is 1.30. The van der Waals surface area contributed by atoms with Gasteiger partial charge in [0.25, 0.3) is 0 Å². The number of hydrazine groups is 2. The molecule has 0 atom stereocenters. The minimum Gasteiger partial charge on any atom is -0.291 e. The highest BCUT2D eigenvalue weighted by Gasteiger charge is 1.93. The van der Waals surface area contributed by atoms with Crippen molar-refractivity contribution in [3.63, 3.8) is 0 Å². The number of hydrogen-bond acceptors (Lipinski definition) is 3. The standard InChI is InChI=1S/C8H8N3/c9-11-6-8-4-2-1-3-7(8)5-10-11/h1-2,4-6,10H,9H2. The van der Waals surface area contributed by atoms with Gasteiger partial charge in [-0.3, -0.25) is 5.43 Å². The van der Waals surface area contributed by atoms with E-state index in [2.05, 4.69) is 11.5 Å². The van der Waals surface area contributed by atoms with Gasteiger partial charge in [0, 0.05) is 22.8 Å². The number of hydrogen-bond donors (Lipinski definition) is 2. The van der Waals surface area contributed by atoms with Gasteiger partial charge in [0.05, 0.1) is 0 Å². The lowest BCUT2D eigenvalue weighted by atomic mass is 10.2. The Morgan fingerprint density at radius 3 is 3.36 bits per heavy atom. The minimum atomic E-state index is 1.04. The molecule has 3 nitrogen and oxygen atoms in total. The van der Waals surface area contributed by atoms with Crippen LogP contribution in [0.3, 0.4) is 0 Å². The summed E-state index contributed by atoms with van der Waals surface area (Å²) in [6.45, 7) is 0. The summed E-state index contributed by atoms with van der Waals surface area (Å²) < 4.78 is 0. The maximum absolute atomic E-state index is 5.47. The molecule has 1 aliphatic rings. The Balaban J connectivity index is 2.73. The highest BCUT2D eigenvalue weighted by atomic mass is 15.6. The summed E-state index contributed by atoms with van der Waals surface area (Å²) in [5, 5.41) is 3.53. The van der Waals surface area contributed by atoms with E-state index in [4.69, 9.17) is 5.84 Å². The molecular weight excluding hydrogens is 138 g/mol. The molecule has 1 aliphatic heterocycles. The van der Waals surface area contributed by atoms with Gasteiger partial charge in [-0.1, -0.05) is 18.2 Å². The van der Waals surface area contributed by atoms with Crippen molar-refractivity contribution >= 4 is 12.4 Å². The number of nitrogens with one attached hydrogen (secondary N) is 1. The quantitative estimate of drug-likeness (QED) is 0.445. The van der Waals surface area contributed by atoms with Gasteiger partial charge in [-0.05, 0) is 6.07 Å². The number of nitrogens with two attached hydrogens (primary N) is 1. The van der Waals surface area contributed by atoms with Gasteiger partial charge in [-0.15, -0.1) is 0 Å². The van der Waals surface area contributed by atoms with Crippen LogP contribution in [0.5, 0.6) is 0 Å². The fourth-order valence-corrected chi connectivity index (χ4v) is 1.03. The lowest BCUT2D eigenvalue weighted by Gasteiger charge is -2.15. The van der Waals surface area contributed by atoms with Crippen LogP contribution in [0.2, 0.25) is 0 Å². The first-order chi connectivity index (χ1) is 5.36. The summed E-state index contributed by atoms with van der Waals surface area (Å²) in [4.78, 5) is 0. The van der Waals surface area contributed by atoms with Crippen LogP contribution in [0.4, 0.5) is 0 Å². The van der Waals surface area contributed by atoms with Gasteiger partial charge in [0.1, 0.15) is 0 Å². The molecule has 0 bridgehead atoms. The van der Waals surface area contributed by atoms with Gasteiger partial charge >= 0.3 is 0 Å². The van der Waals surface area contributed by atoms with Crippen LogP contribution < -0.4 is 21.7 Å². The smallest absolute Gasteiger partial charge is 0.0471 e. The number of fused-ring (bicyclic) bond motifs is 1. The Bertz CT molecular complexity index is 369. The van der Waals surface area contributed by atoms with Gasteiger partial charge in [0.15, 0.2) is 0 Å². The minimum absolute atomic E-state index is 1.04. The second kappa shape index (κ2) is 2.29. The molecule has 0 unspecified atom stereocenters. The molecule has 0 saturated carbocycles. The van der Waals surface area contributed by atoms with Gasteiger partial charge in [0.2, 0.25) is 0 Å². The third kappa shape index (κ3) is 1.06. The van der Waals surface area contributed by atoms with Crippen molar-refractivity contribution in [3.05, 3.63) is 34.7 Å². The maximum atomic E-state index is 5.47. The average Bonchev–Trinajstić information content (AvgIpc) is 2.04. The SMILES string of the molecule is NN1C=c2ccc[c]c2=CN1. The molecule has 1 aromatic carbocycles. The zero-order valence-electron chi connectivity index (χ0n) is 5.91. The largest absolute Gasteiger partial charge is 0.291 e. The summed E-state index contributed by atoms with van der Waals surface area (Å²) in [5.41, 5.74) is 2.84. The molecule has 0 aromatic heterocycles. The molecule has 1 aromatic rings. The van der Waals surface area contributed by atoms with Crippen LogP contribution in [-0.2, 0) is 0 Å². The van der Waals surface area contributed by atoms with Crippen molar-refractivity contribution in [1.82, 2.24) is 10.5 Å². The van der Waals surface area contributed by atoms with Crippen LogP contribution >= 0.6 is 0 Å². The first-order valence-electron chi connectivity index (χ1n) is 3.35. The van der Waals surface area contributed by atoms with Crippen molar-refractivity contribution in [3.8, 4) is 0 Å². The van der Waals surface area contributed by atoms with Crippen LogP contribution in [-0.4, -0.2) is 5.12 Å². The first-order valence-corrected chi connectivity index (χ1v) is 3.35. The molecule has 0 amide bonds. The molecule has 0 fully saturated rings. The molecule has 3 N–H and O–H groups in total. The Labute approximate surface area is 64.4 Å². The van der Waals surface area contributed by atoms with E-state index < -0.39 is 0 Å². The van der Waals surface area contributed by atoms with E-state index in [1.165, 1.54) is 5.12 Å². The summed E-state index contributed by atoms with van der Waals surface area (Å²) >= 11 is 0. The summed E-state index contributed by atoms with van der Waals surface area (Å²) in [6, 6.07) is 8.87. The van der Waals surface area contributed by atoms with Crippen molar-refractivity contribution in [1.29, 1.82) is 0 Å². The Morgan fingerprint density at radius 2 is 2.45 bits per heavy atom. The molecule has 11 heavy (non-hydrogen) atoms.